The van der Waals surface area contributed by atoms with Crippen molar-refractivity contribution in [1.82, 2.24) is 0 Å². The van der Waals surface area contributed by atoms with Crippen LogP contribution in [-0.2, 0) is 56.9 Å². The third-order valence-electron chi connectivity index (χ3n) is 2.32. The number of carbonyl (C=O) groups is 1. The van der Waals surface area contributed by atoms with Crippen molar-refractivity contribution < 1.29 is 56.9 Å². The van der Waals surface area contributed by atoms with Gasteiger partial charge in [0.25, 0.3) is 0 Å². The summed E-state index contributed by atoms with van der Waals surface area (Å²) in [6.07, 6.45) is 11.8. The SMILES string of the molecule is CCOC(=O)/C=C/C=C/CCCC#CCCCO[C](C)=[Mo].[C-]#[O+].[C-]#[O+].[C-]#[O+].[C-]#[O+].[C-]#[O+]. The molecule has 166 valence electrons. The minimum atomic E-state index is -0.298. The number of hydrogen-bond donors (Lipinski definition) is 0. The predicted octanol–water partition coefficient (Wildman–Crippen LogP) is 3.14. The van der Waals surface area contributed by atoms with Crippen LogP contribution in [0, 0.1) is 45.1 Å². The van der Waals surface area contributed by atoms with Gasteiger partial charge in [-0.05, 0) is 6.92 Å². The number of unbranched alkanes of at least 4 members (excludes halogenated alkanes) is 3. The van der Waals surface area contributed by atoms with Crippen molar-refractivity contribution in [3.8, 4) is 11.8 Å². The molecule has 9 heteroatoms. The van der Waals surface area contributed by atoms with E-state index in [1.807, 2.05) is 38.4 Å². The molecule has 0 bridgehead atoms. The molecule has 0 radical (unpaired) electrons. The Balaban J connectivity index is -0.000000136. The molecule has 0 aromatic rings. The zero-order valence-electron chi connectivity index (χ0n) is 17.4. The quantitative estimate of drug-likeness (QED) is 0.0650. The Hall–Kier alpha value is -2.27. The summed E-state index contributed by atoms with van der Waals surface area (Å²) < 4.78 is 48.6. The van der Waals surface area contributed by atoms with Crippen molar-refractivity contribution in [1.29, 1.82) is 0 Å². The summed E-state index contributed by atoms with van der Waals surface area (Å²) in [5, 5.41) is 0. The molecule has 0 aromatic carbocycles. The molecule has 0 saturated carbocycles. The van der Waals surface area contributed by atoms with Crippen molar-refractivity contribution in [2.75, 3.05) is 13.2 Å². The van der Waals surface area contributed by atoms with Crippen LogP contribution in [0.15, 0.2) is 24.3 Å². The summed E-state index contributed by atoms with van der Waals surface area (Å²) >= 11 is 1.89. The van der Waals surface area contributed by atoms with Gasteiger partial charge in [0, 0.05) is 6.08 Å². The third-order valence-corrected chi connectivity index (χ3v) is 2.60. The molecule has 0 aromatic heterocycles. The molecule has 0 spiro atoms. The van der Waals surface area contributed by atoms with Gasteiger partial charge in [0.05, 0.1) is 6.61 Å². The van der Waals surface area contributed by atoms with Crippen molar-refractivity contribution in [3.63, 3.8) is 0 Å². The Bertz CT molecular complexity index is 579. The zero-order chi connectivity index (χ0) is 25.8. The average molecular weight is 512 g/mol. The molecule has 8 nitrogen and oxygen atoms in total. The molecule has 0 atom stereocenters. The number of esters is 1. The van der Waals surface area contributed by atoms with E-state index < -0.39 is 0 Å². The fourth-order valence-corrected chi connectivity index (χ4v) is 1.57. The molecule has 0 unspecified atom stereocenters. The van der Waals surface area contributed by atoms with Crippen molar-refractivity contribution >= 4 is 10.1 Å². The first-order chi connectivity index (χ1) is 15.2. The van der Waals surface area contributed by atoms with E-state index in [-0.39, 0.29) is 5.97 Å². The Labute approximate surface area is 195 Å². The van der Waals surface area contributed by atoms with Crippen LogP contribution in [0.1, 0.15) is 46.0 Å². The minimum absolute atomic E-state index is 0.298. The van der Waals surface area contributed by atoms with Crippen LogP contribution in [-0.4, -0.2) is 23.3 Å². The molecule has 31 heavy (non-hydrogen) atoms. The summed E-state index contributed by atoms with van der Waals surface area (Å²) in [6, 6.07) is 0. The number of carbonyl (C=O) groups excluding carboxylic acids is 1. The van der Waals surface area contributed by atoms with E-state index in [4.69, 9.17) is 32.7 Å². The fourth-order valence-electron chi connectivity index (χ4n) is 1.36. The van der Waals surface area contributed by atoms with Crippen LogP contribution >= 0.6 is 0 Å². The first-order valence-corrected chi connectivity index (χ1v) is 9.28. The van der Waals surface area contributed by atoms with Gasteiger partial charge >= 0.3 is 160 Å². The normalized spacial score (nSPS) is 7.48. The van der Waals surface area contributed by atoms with Gasteiger partial charge < -0.3 is 4.74 Å². The monoisotopic (exact) mass is 514 g/mol. The van der Waals surface area contributed by atoms with E-state index >= 15 is 0 Å². The van der Waals surface area contributed by atoms with Crippen molar-refractivity contribution in [2.45, 2.75) is 46.0 Å². The molecule has 0 heterocycles. The second-order valence-corrected chi connectivity index (χ2v) is 5.64. The molecular weight excluding hydrogens is 488 g/mol. The standard InChI is InChI=1S/C17H24O3.5CO.Mo/c1-3-19-16-14-12-10-8-6-5-7-9-11-13-15-17(18)20-4-2;5*1-2;/h9,11,13,15H,4-7,12,14,16H2,1-2H3;;;;;;/b11-9+,15-13+;;;;;;. The molecule has 0 amide bonds. The predicted molar refractivity (Wildman–Crippen MR) is 102 cm³/mol. The summed E-state index contributed by atoms with van der Waals surface area (Å²) in [5.74, 6) is 6.02. The first-order valence-electron chi connectivity index (χ1n) is 8.28. The number of allylic oxidation sites excluding steroid dienone is 3. The van der Waals surface area contributed by atoms with E-state index in [2.05, 4.69) is 45.1 Å². The zero-order valence-corrected chi connectivity index (χ0v) is 19.4. The van der Waals surface area contributed by atoms with Gasteiger partial charge in [0.15, 0.2) is 0 Å². The van der Waals surface area contributed by atoms with E-state index in [0.717, 1.165) is 42.8 Å². The van der Waals surface area contributed by atoms with E-state index in [1.165, 1.54) is 6.08 Å². The van der Waals surface area contributed by atoms with Crippen LogP contribution in [0.2, 0.25) is 0 Å². The Morgan fingerprint density at radius 2 is 1.35 bits per heavy atom. The molecule has 0 saturated heterocycles. The van der Waals surface area contributed by atoms with Crippen LogP contribution < -0.4 is 0 Å². The van der Waals surface area contributed by atoms with Gasteiger partial charge in [-0.2, -0.15) is 0 Å². The van der Waals surface area contributed by atoms with Gasteiger partial charge in [-0.3, -0.25) is 0 Å². The van der Waals surface area contributed by atoms with Gasteiger partial charge in [-0.1, -0.05) is 6.08 Å². The molecule has 0 aliphatic carbocycles. The van der Waals surface area contributed by atoms with Crippen LogP contribution in [0.25, 0.3) is 0 Å². The van der Waals surface area contributed by atoms with Gasteiger partial charge in [0.1, 0.15) is 0 Å². The summed E-state index contributed by atoms with van der Waals surface area (Å²) in [5.41, 5.74) is 0. The third kappa shape index (κ3) is 65.6. The van der Waals surface area contributed by atoms with E-state index in [0.29, 0.717) is 6.61 Å². The molecule has 0 aliphatic heterocycles. The summed E-state index contributed by atoms with van der Waals surface area (Å²) in [7, 11) is 0. The Morgan fingerprint density at radius 3 is 1.81 bits per heavy atom. The molecular formula is C22H24MoO8. The molecule has 0 rings (SSSR count). The Kier molecular flexibility index (Phi) is 77.9. The number of ether oxygens (including phenoxy) is 2. The van der Waals surface area contributed by atoms with E-state index in [9.17, 15) is 4.79 Å². The van der Waals surface area contributed by atoms with Crippen molar-refractivity contribution in [2.24, 2.45) is 0 Å². The number of hydrogen-bond acceptors (Lipinski definition) is 3. The van der Waals surface area contributed by atoms with Crippen LogP contribution in [0.5, 0.6) is 0 Å². The number of rotatable bonds is 10. The maximum atomic E-state index is 11.0. The molecule has 0 fully saturated rings. The van der Waals surface area contributed by atoms with Gasteiger partial charge in [0.2, 0.25) is 0 Å². The van der Waals surface area contributed by atoms with Crippen molar-refractivity contribution in [3.05, 3.63) is 57.6 Å². The van der Waals surface area contributed by atoms with Crippen LogP contribution in [0.4, 0.5) is 0 Å². The second kappa shape index (κ2) is 56.5. The first kappa shape index (κ1) is 42.8. The topological polar surface area (TPSA) is 135 Å². The van der Waals surface area contributed by atoms with Gasteiger partial charge in [-0.25, -0.2) is 4.79 Å². The second-order valence-electron chi connectivity index (χ2n) is 4.23. The Morgan fingerprint density at radius 1 is 0.871 bits per heavy atom. The molecule has 0 aliphatic rings. The maximum absolute atomic E-state index is 11.0. The average Bonchev–Trinajstić information content (AvgIpc) is 2.83. The summed E-state index contributed by atoms with van der Waals surface area (Å²) in [6.45, 7) is 27.4. The fraction of sp³-hybridized carbons (Fsp3) is 0.409. The van der Waals surface area contributed by atoms with E-state index in [1.54, 1.807) is 13.0 Å². The van der Waals surface area contributed by atoms with Crippen LogP contribution in [0.3, 0.4) is 0 Å². The van der Waals surface area contributed by atoms with Gasteiger partial charge in [-0.15, -0.1) is 0 Å². The molecule has 0 N–H and O–H groups in total. The summed E-state index contributed by atoms with van der Waals surface area (Å²) in [4.78, 5) is 11.0.